The van der Waals surface area contributed by atoms with E-state index in [2.05, 4.69) is 0 Å². The number of benzene rings is 1. The maximum atomic E-state index is 6.07. The minimum Gasteiger partial charge on any atom is -0.487 e. The molecule has 0 heterocycles. The van der Waals surface area contributed by atoms with E-state index in [-0.39, 0.29) is 0 Å². The first-order valence-corrected chi connectivity index (χ1v) is 5.86. The van der Waals surface area contributed by atoms with Gasteiger partial charge < -0.3 is 10.5 Å². The summed E-state index contributed by atoms with van der Waals surface area (Å²) in [5.74, 6) is 0.701. The molecule has 0 atom stereocenters. The minimum absolute atomic E-state index is 0.435. The van der Waals surface area contributed by atoms with E-state index in [0.717, 1.165) is 17.6 Å². The van der Waals surface area contributed by atoms with Gasteiger partial charge in [0.05, 0.1) is 5.02 Å². The molecular weight excluding hydrogens is 245 g/mol. The Labute approximate surface area is 106 Å². The van der Waals surface area contributed by atoms with Crippen molar-refractivity contribution < 1.29 is 4.74 Å². The van der Waals surface area contributed by atoms with Gasteiger partial charge in [-0.15, -0.1) is 0 Å². The van der Waals surface area contributed by atoms with Gasteiger partial charge in [0, 0.05) is 5.54 Å². The third kappa shape index (κ3) is 3.71. The van der Waals surface area contributed by atoms with Crippen LogP contribution in [0, 0.1) is 0 Å². The molecule has 16 heavy (non-hydrogen) atoms. The molecule has 0 fully saturated rings. The Morgan fingerprint density at radius 3 is 2.88 bits per heavy atom. The van der Waals surface area contributed by atoms with E-state index < -0.39 is 0 Å². The molecule has 0 saturated heterocycles. The lowest BCUT2D eigenvalue weighted by molar-refractivity contribution is 0.349. The van der Waals surface area contributed by atoms with Crippen molar-refractivity contribution in [2.75, 3.05) is 13.2 Å². The molecule has 1 aromatic rings. The smallest absolute Gasteiger partial charge is 0.141 e. The van der Waals surface area contributed by atoms with Crippen molar-refractivity contribution >= 4 is 23.2 Å². The number of rotatable bonds is 5. The summed E-state index contributed by atoms with van der Waals surface area (Å²) in [4.78, 5) is 0. The highest BCUT2D eigenvalue weighted by atomic mass is 35.5. The average molecular weight is 260 g/mol. The maximum absolute atomic E-state index is 6.07. The molecule has 0 aliphatic carbocycles. The monoisotopic (exact) mass is 259 g/mol. The maximum Gasteiger partial charge on any atom is 0.141 e. The summed E-state index contributed by atoms with van der Waals surface area (Å²) in [6.45, 7) is 2.90. The molecule has 2 nitrogen and oxygen atoms in total. The van der Waals surface area contributed by atoms with Crippen molar-refractivity contribution in [1.29, 1.82) is 0 Å². The van der Waals surface area contributed by atoms with Crippen LogP contribution < -0.4 is 10.5 Å². The number of nitrogens with two attached hydrogens (primary N) is 1. The molecule has 1 aromatic carbocycles. The average Bonchev–Trinajstić information content (AvgIpc) is 2.28. The Morgan fingerprint density at radius 1 is 1.50 bits per heavy atom. The van der Waals surface area contributed by atoms with Gasteiger partial charge in [-0.2, -0.15) is 0 Å². The van der Waals surface area contributed by atoms with Crippen LogP contribution in [0.5, 0.6) is 5.75 Å². The zero-order valence-electron chi connectivity index (χ0n) is 9.17. The summed E-state index contributed by atoms with van der Waals surface area (Å²) < 4.78 is 5.63. The Balaban J connectivity index is 2.83. The van der Waals surface area contributed by atoms with Crippen LogP contribution >= 0.6 is 23.2 Å². The fourth-order valence-electron chi connectivity index (χ4n) is 1.29. The van der Waals surface area contributed by atoms with Gasteiger partial charge in [0.25, 0.3) is 0 Å². The van der Waals surface area contributed by atoms with Crippen molar-refractivity contribution in [2.45, 2.75) is 13.3 Å². The van der Waals surface area contributed by atoms with Crippen molar-refractivity contribution in [2.24, 2.45) is 5.73 Å². The van der Waals surface area contributed by atoms with E-state index in [0.29, 0.717) is 23.9 Å². The number of hydrogen-bond donors (Lipinski definition) is 1. The summed E-state index contributed by atoms with van der Waals surface area (Å²) in [5, 5.41) is 0.605. The Kier molecular flexibility index (Phi) is 5.67. The molecule has 0 radical (unpaired) electrons. The number of halogens is 2. The van der Waals surface area contributed by atoms with Crippen LogP contribution in [0.2, 0.25) is 5.02 Å². The fraction of sp³-hybridized carbons (Fsp3) is 0.333. The fourth-order valence-corrected chi connectivity index (χ4v) is 1.60. The van der Waals surface area contributed by atoms with E-state index in [1.807, 2.05) is 19.1 Å². The van der Waals surface area contributed by atoms with Crippen LogP contribution in [0.25, 0.3) is 0 Å². The predicted molar refractivity (Wildman–Crippen MR) is 69.3 cm³/mol. The normalized spacial score (nSPS) is 11.6. The predicted octanol–water partition coefficient (Wildman–Crippen LogP) is 3.36. The lowest BCUT2D eigenvalue weighted by Gasteiger charge is -2.12. The third-order valence-corrected chi connectivity index (χ3v) is 2.76. The summed E-state index contributed by atoms with van der Waals surface area (Å²) >= 11 is 11.6. The molecule has 0 spiro atoms. The molecule has 1 rings (SSSR count). The molecule has 0 aliphatic rings. The first-order valence-electron chi connectivity index (χ1n) is 5.05. The topological polar surface area (TPSA) is 35.2 Å². The summed E-state index contributed by atoms with van der Waals surface area (Å²) in [6.07, 6.45) is 0.750. The third-order valence-electron chi connectivity index (χ3n) is 2.09. The molecule has 0 aromatic heterocycles. The number of para-hydroxylation sites is 1. The van der Waals surface area contributed by atoms with Crippen molar-refractivity contribution in [3.63, 3.8) is 0 Å². The standard InChI is InChI=1S/C12H15Cl2NO/c1-9(7-13)8-16-12-10(5-6-15)3-2-4-11(12)14/h2-4,7H,5-6,8,15H2,1H3/b9-7-. The molecule has 2 N–H and O–H groups in total. The SMILES string of the molecule is C/C(=C/Cl)COc1c(Cl)cccc1CCN. The van der Waals surface area contributed by atoms with Gasteiger partial charge >= 0.3 is 0 Å². The van der Waals surface area contributed by atoms with Crippen LogP contribution in [0.1, 0.15) is 12.5 Å². The molecule has 0 amide bonds. The van der Waals surface area contributed by atoms with Crippen molar-refractivity contribution in [3.05, 3.63) is 39.9 Å². The van der Waals surface area contributed by atoms with E-state index in [1.54, 1.807) is 6.07 Å². The van der Waals surface area contributed by atoms with Crippen LogP contribution in [0.4, 0.5) is 0 Å². The number of hydrogen-bond acceptors (Lipinski definition) is 2. The highest BCUT2D eigenvalue weighted by molar-refractivity contribution is 6.32. The Bertz CT molecular complexity index is 377. The Morgan fingerprint density at radius 2 is 2.25 bits per heavy atom. The summed E-state index contributed by atoms with van der Waals surface area (Å²) in [7, 11) is 0. The van der Waals surface area contributed by atoms with Crippen molar-refractivity contribution in [1.82, 2.24) is 0 Å². The van der Waals surface area contributed by atoms with Gasteiger partial charge in [0.2, 0.25) is 0 Å². The van der Waals surface area contributed by atoms with Crippen LogP contribution in [-0.4, -0.2) is 13.2 Å². The van der Waals surface area contributed by atoms with Gasteiger partial charge in [-0.1, -0.05) is 35.3 Å². The molecule has 88 valence electrons. The molecule has 0 saturated carbocycles. The van der Waals surface area contributed by atoms with Gasteiger partial charge in [-0.05, 0) is 37.1 Å². The van der Waals surface area contributed by atoms with Crippen LogP contribution in [0.15, 0.2) is 29.3 Å². The van der Waals surface area contributed by atoms with Crippen LogP contribution in [-0.2, 0) is 6.42 Å². The summed E-state index contributed by atoms with van der Waals surface area (Å²) in [5.41, 5.74) is 9.00. The molecule has 0 aliphatic heterocycles. The molecule has 0 bridgehead atoms. The molecule has 4 heteroatoms. The second-order valence-electron chi connectivity index (χ2n) is 3.51. The van der Waals surface area contributed by atoms with Gasteiger partial charge in [-0.3, -0.25) is 0 Å². The minimum atomic E-state index is 0.435. The molecule has 0 unspecified atom stereocenters. The largest absolute Gasteiger partial charge is 0.487 e. The van der Waals surface area contributed by atoms with Gasteiger partial charge in [0.15, 0.2) is 0 Å². The zero-order valence-corrected chi connectivity index (χ0v) is 10.7. The van der Waals surface area contributed by atoms with Gasteiger partial charge in [-0.25, -0.2) is 0 Å². The lowest BCUT2D eigenvalue weighted by Crippen LogP contribution is -2.06. The van der Waals surface area contributed by atoms with E-state index in [9.17, 15) is 0 Å². The Hall–Kier alpha value is -0.700. The second kappa shape index (κ2) is 6.79. The van der Waals surface area contributed by atoms with E-state index >= 15 is 0 Å². The summed E-state index contributed by atoms with van der Waals surface area (Å²) in [6, 6.07) is 5.66. The van der Waals surface area contributed by atoms with E-state index in [1.165, 1.54) is 5.54 Å². The van der Waals surface area contributed by atoms with Gasteiger partial charge in [0.1, 0.15) is 12.4 Å². The zero-order chi connectivity index (χ0) is 12.0. The highest BCUT2D eigenvalue weighted by Crippen LogP contribution is 2.29. The molecular formula is C12H15Cl2NO. The van der Waals surface area contributed by atoms with Crippen LogP contribution in [0.3, 0.4) is 0 Å². The van der Waals surface area contributed by atoms with Crippen molar-refractivity contribution in [3.8, 4) is 5.75 Å². The van der Waals surface area contributed by atoms with E-state index in [4.69, 9.17) is 33.7 Å². The highest BCUT2D eigenvalue weighted by Gasteiger charge is 2.07. The quantitative estimate of drug-likeness (QED) is 0.880. The lowest BCUT2D eigenvalue weighted by atomic mass is 10.1. The first kappa shape index (κ1) is 13.4. The first-order chi connectivity index (χ1) is 7.69. The number of ether oxygens (including phenoxy) is 1. The second-order valence-corrected chi connectivity index (χ2v) is 4.14.